The van der Waals surface area contributed by atoms with Gasteiger partial charge < -0.3 is 15.5 Å². The predicted octanol–water partition coefficient (Wildman–Crippen LogP) is 2.64. The summed E-state index contributed by atoms with van der Waals surface area (Å²) in [5, 5.41) is 30.9. The van der Waals surface area contributed by atoms with Gasteiger partial charge in [0.05, 0.1) is 16.1 Å². The maximum absolute atomic E-state index is 11.9. The van der Waals surface area contributed by atoms with Gasteiger partial charge in [0, 0.05) is 23.9 Å². The molecular formula is C17H12N2O7. The molecule has 9 nitrogen and oxygen atoms in total. The summed E-state index contributed by atoms with van der Waals surface area (Å²) in [5.41, 5.74) is -0.0886. The van der Waals surface area contributed by atoms with E-state index < -0.39 is 22.8 Å². The van der Waals surface area contributed by atoms with Gasteiger partial charge in [-0.3, -0.25) is 14.9 Å². The molecule has 0 fully saturated rings. The van der Waals surface area contributed by atoms with Crippen LogP contribution in [0.3, 0.4) is 0 Å². The third-order valence-electron chi connectivity index (χ3n) is 3.23. The number of nitrogens with zero attached hydrogens (tertiary/aromatic N) is 1. The summed E-state index contributed by atoms with van der Waals surface area (Å²) >= 11 is 0. The topological polar surface area (TPSA) is 147 Å². The van der Waals surface area contributed by atoms with E-state index in [-0.39, 0.29) is 22.5 Å². The number of carboxylic acid groups (broad SMARTS) is 2. The molecule has 9 heteroatoms. The number of carbonyl (C=O) groups excluding carboxylic acids is 1. The van der Waals surface area contributed by atoms with Gasteiger partial charge in [-0.25, -0.2) is 9.59 Å². The largest absolute Gasteiger partial charge is 0.478 e. The summed E-state index contributed by atoms with van der Waals surface area (Å²) in [5.74, 6) is -3.28. The Kier molecular flexibility index (Phi) is 5.43. The highest BCUT2D eigenvalue weighted by molar-refractivity contribution is 6.04. The van der Waals surface area contributed by atoms with E-state index in [0.29, 0.717) is 5.56 Å². The van der Waals surface area contributed by atoms with Crippen LogP contribution in [0.5, 0.6) is 0 Å². The van der Waals surface area contributed by atoms with Crippen LogP contribution < -0.4 is 5.32 Å². The van der Waals surface area contributed by atoms with Crippen molar-refractivity contribution < 1.29 is 29.5 Å². The maximum atomic E-state index is 11.9. The van der Waals surface area contributed by atoms with Gasteiger partial charge in [-0.15, -0.1) is 0 Å². The molecule has 0 heterocycles. The van der Waals surface area contributed by atoms with E-state index in [2.05, 4.69) is 5.32 Å². The minimum atomic E-state index is -1.33. The summed E-state index contributed by atoms with van der Waals surface area (Å²) in [7, 11) is 0. The fourth-order valence-corrected chi connectivity index (χ4v) is 2.01. The smallest absolute Gasteiger partial charge is 0.335 e. The van der Waals surface area contributed by atoms with Crippen molar-refractivity contribution in [2.45, 2.75) is 0 Å². The second-order valence-corrected chi connectivity index (χ2v) is 5.08. The van der Waals surface area contributed by atoms with Gasteiger partial charge in [0.2, 0.25) is 5.91 Å². The highest BCUT2D eigenvalue weighted by Gasteiger charge is 2.12. The Balaban J connectivity index is 2.15. The Bertz CT molecular complexity index is 885. The molecule has 2 rings (SSSR count). The summed E-state index contributed by atoms with van der Waals surface area (Å²) in [6.07, 6.45) is 2.53. The highest BCUT2D eigenvalue weighted by Crippen LogP contribution is 2.16. The molecule has 0 bridgehead atoms. The minimum absolute atomic E-state index is 0.0145. The van der Waals surface area contributed by atoms with Crippen molar-refractivity contribution in [3.8, 4) is 0 Å². The molecule has 0 spiro atoms. The molecule has 0 aliphatic rings. The Morgan fingerprint density at radius 1 is 0.962 bits per heavy atom. The van der Waals surface area contributed by atoms with Gasteiger partial charge in [0.15, 0.2) is 0 Å². The number of nitro benzene ring substituents is 1. The van der Waals surface area contributed by atoms with Gasteiger partial charge in [-0.05, 0) is 42.0 Å². The molecule has 3 N–H and O–H groups in total. The third-order valence-corrected chi connectivity index (χ3v) is 3.23. The first kappa shape index (κ1) is 18.3. The van der Waals surface area contributed by atoms with Gasteiger partial charge in [-0.2, -0.15) is 0 Å². The molecule has 0 radical (unpaired) electrons. The highest BCUT2D eigenvalue weighted by atomic mass is 16.6. The summed E-state index contributed by atoms with van der Waals surface area (Å²) in [4.78, 5) is 44.0. The normalized spacial score (nSPS) is 10.5. The average molecular weight is 356 g/mol. The second kappa shape index (κ2) is 7.71. The van der Waals surface area contributed by atoms with Crippen molar-refractivity contribution in [3.63, 3.8) is 0 Å². The molecule has 0 saturated carbocycles. The lowest BCUT2D eigenvalue weighted by Gasteiger charge is -2.06. The van der Waals surface area contributed by atoms with E-state index in [9.17, 15) is 24.5 Å². The molecular weight excluding hydrogens is 344 g/mol. The Morgan fingerprint density at radius 3 is 1.96 bits per heavy atom. The number of aromatic carboxylic acids is 2. The molecule has 1 amide bonds. The van der Waals surface area contributed by atoms with Crippen molar-refractivity contribution in [1.29, 1.82) is 0 Å². The summed E-state index contributed by atoms with van der Waals surface area (Å²) in [6.45, 7) is 0. The maximum Gasteiger partial charge on any atom is 0.335 e. The summed E-state index contributed by atoms with van der Waals surface area (Å²) in [6, 6.07) is 8.72. The van der Waals surface area contributed by atoms with Crippen LogP contribution in [-0.2, 0) is 4.79 Å². The number of non-ortho nitro benzene ring substituents is 1. The summed E-state index contributed by atoms with van der Waals surface area (Å²) < 4.78 is 0. The van der Waals surface area contributed by atoms with Crippen molar-refractivity contribution in [2.24, 2.45) is 0 Å². The molecule has 2 aromatic rings. The number of nitro groups is 1. The van der Waals surface area contributed by atoms with E-state index in [1.807, 2.05) is 0 Å². The SMILES string of the molecule is O=C(C=Cc1ccc([N+](=O)[O-])cc1)Nc1cc(C(=O)O)cc(C(=O)O)c1. The van der Waals surface area contributed by atoms with Crippen LogP contribution in [0.4, 0.5) is 11.4 Å². The molecule has 0 atom stereocenters. The van der Waals surface area contributed by atoms with Crippen LogP contribution >= 0.6 is 0 Å². The van der Waals surface area contributed by atoms with Crippen LogP contribution in [0.25, 0.3) is 6.08 Å². The van der Waals surface area contributed by atoms with Crippen molar-refractivity contribution >= 4 is 35.3 Å². The fraction of sp³-hybridized carbons (Fsp3) is 0. The third kappa shape index (κ3) is 4.74. The van der Waals surface area contributed by atoms with Crippen molar-refractivity contribution in [3.05, 3.63) is 75.3 Å². The zero-order chi connectivity index (χ0) is 19.3. The van der Waals surface area contributed by atoms with Gasteiger partial charge >= 0.3 is 11.9 Å². The number of anilines is 1. The number of carbonyl (C=O) groups is 3. The first-order chi connectivity index (χ1) is 12.3. The van der Waals surface area contributed by atoms with Gasteiger partial charge in [0.1, 0.15) is 0 Å². The Hall–Kier alpha value is -4.01. The monoisotopic (exact) mass is 356 g/mol. The van der Waals surface area contributed by atoms with E-state index in [0.717, 1.165) is 24.3 Å². The van der Waals surface area contributed by atoms with Crippen molar-refractivity contribution in [1.82, 2.24) is 0 Å². The van der Waals surface area contributed by atoms with Crippen LogP contribution in [0.15, 0.2) is 48.5 Å². The molecule has 0 aliphatic heterocycles. The Morgan fingerprint density at radius 2 is 1.50 bits per heavy atom. The predicted molar refractivity (Wildman–Crippen MR) is 91.1 cm³/mol. The molecule has 0 saturated heterocycles. The number of carboxylic acids is 2. The van der Waals surface area contributed by atoms with E-state index in [1.54, 1.807) is 0 Å². The first-order valence-corrected chi connectivity index (χ1v) is 7.11. The second-order valence-electron chi connectivity index (χ2n) is 5.08. The van der Waals surface area contributed by atoms with Gasteiger partial charge in [0.25, 0.3) is 5.69 Å². The van der Waals surface area contributed by atoms with E-state index in [4.69, 9.17) is 10.2 Å². The van der Waals surface area contributed by atoms with E-state index in [1.165, 1.54) is 30.3 Å². The van der Waals surface area contributed by atoms with Crippen LogP contribution in [0, 0.1) is 10.1 Å². The molecule has 132 valence electrons. The fourth-order valence-electron chi connectivity index (χ4n) is 2.01. The number of hydrogen-bond donors (Lipinski definition) is 3. The molecule has 0 unspecified atom stereocenters. The lowest BCUT2D eigenvalue weighted by Crippen LogP contribution is -2.10. The van der Waals surface area contributed by atoms with Gasteiger partial charge in [-0.1, -0.05) is 0 Å². The first-order valence-electron chi connectivity index (χ1n) is 7.11. The lowest BCUT2D eigenvalue weighted by molar-refractivity contribution is -0.384. The minimum Gasteiger partial charge on any atom is -0.478 e. The number of amides is 1. The van der Waals surface area contributed by atoms with Crippen molar-refractivity contribution in [2.75, 3.05) is 5.32 Å². The molecule has 26 heavy (non-hydrogen) atoms. The Labute approximate surface area is 146 Å². The number of benzene rings is 2. The number of hydrogen-bond acceptors (Lipinski definition) is 5. The zero-order valence-corrected chi connectivity index (χ0v) is 13.1. The van der Waals surface area contributed by atoms with Crippen LogP contribution in [0.2, 0.25) is 0 Å². The van der Waals surface area contributed by atoms with E-state index >= 15 is 0 Å². The number of rotatable bonds is 6. The standard InChI is InChI=1S/C17H12N2O7/c20-15(6-3-10-1-4-14(5-2-10)19(25)26)18-13-8-11(16(21)22)7-12(9-13)17(23)24/h1-9H,(H,18,20)(H,21,22)(H,23,24). The van der Waals surface area contributed by atoms with Crippen LogP contribution in [-0.4, -0.2) is 33.0 Å². The molecule has 0 aliphatic carbocycles. The molecule has 2 aromatic carbocycles. The molecule has 0 aromatic heterocycles. The zero-order valence-electron chi connectivity index (χ0n) is 13.1. The van der Waals surface area contributed by atoms with Crippen LogP contribution in [0.1, 0.15) is 26.3 Å². The average Bonchev–Trinajstić information content (AvgIpc) is 2.59. The lowest BCUT2D eigenvalue weighted by atomic mass is 10.1. The quantitative estimate of drug-likeness (QED) is 0.409. The number of nitrogens with one attached hydrogen (secondary N) is 1.